The Balaban J connectivity index is 2.66. The molecule has 1 rings (SSSR count). The van der Waals surface area contributed by atoms with Gasteiger partial charge in [0.05, 0.1) is 6.54 Å². The third-order valence-electron chi connectivity index (χ3n) is 1.09. The minimum absolute atomic E-state index is 0.501. The summed E-state index contributed by atoms with van der Waals surface area (Å²) < 4.78 is 23.7. The van der Waals surface area contributed by atoms with E-state index in [0.29, 0.717) is 6.54 Å². The van der Waals surface area contributed by atoms with Crippen LogP contribution in [0.3, 0.4) is 0 Å². The second kappa shape index (κ2) is 3.36. The number of rotatable bonds is 3. The molecule has 0 amide bonds. The van der Waals surface area contributed by atoms with Crippen molar-refractivity contribution in [1.29, 1.82) is 0 Å². The summed E-state index contributed by atoms with van der Waals surface area (Å²) in [5.41, 5.74) is 0. The Morgan fingerprint density at radius 3 is 2.73 bits per heavy atom. The molecular weight excluding hydrogens is 154 g/mol. The molecule has 11 heavy (non-hydrogen) atoms. The first-order valence-corrected chi connectivity index (χ1v) is 3.30. The average molecular weight is 162 g/mol. The third kappa shape index (κ3) is 1.92. The predicted octanol–water partition coefficient (Wildman–Crippen LogP) is 1.02. The molecule has 0 aliphatic rings. The number of aromatic nitrogens is 4. The number of halogens is 2. The number of tetrazole rings is 1. The zero-order valence-corrected chi connectivity index (χ0v) is 6.04. The predicted molar refractivity (Wildman–Crippen MR) is 33.1 cm³/mol. The van der Waals surface area contributed by atoms with Crippen molar-refractivity contribution in [2.45, 2.75) is 26.3 Å². The Morgan fingerprint density at radius 1 is 1.55 bits per heavy atom. The largest absolute Gasteiger partial charge is 0.301 e. The molecule has 0 saturated heterocycles. The first-order valence-electron chi connectivity index (χ1n) is 3.30. The number of hydrogen-bond acceptors (Lipinski definition) is 3. The monoisotopic (exact) mass is 162 g/mol. The van der Waals surface area contributed by atoms with Crippen molar-refractivity contribution in [3.8, 4) is 0 Å². The van der Waals surface area contributed by atoms with Crippen molar-refractivity contribution in [1.82, 2.24) is 20.2 Å². The molecule has 0 unspecified atom stereocenters. The molecule has 62 valence electrons. The van der Waals surface area contributed by atoms with Gasteiger partial charge in [-0.3, -0.25) is 0 Å². The van der Waals surface area contributed by atoms with Gasteiger partial charge in [0.2, 0.25) is 5.82 Å². The highest BCUT2D eigenvalue weighted by Gasteiger charge is 2.13. The lowest BCUT2D eigenvalue weighted by Gasteiger charge is -1.90. The summed E-state index contributed by atoms with van der Waals surface area (Å²) >= 11 is 0. The van der Waals surface area contributed by atoms with Crippen LogP contribution in [0.5, 0.6) is 0 Å². The van der Waals surface area contributed by atoms with Crippen LogP contribution in [0.25, 0.3) is 0 Å². The van der Waals surface area contributed by atoms with E-state index in [0.717, 1.165) is 6.42 Å². The number of nitrogens with zero attached hydrogens (tertiary/aromatic N) is 4. The van der Waals surface area contributed by atoms with Gasteiger partial charge in [-0.1, -0.05) is 6.92 Å². The molecule has 0 aliphatic heterocycles. The van der Waals surface area contributed by atoms with Crippen LogP contribution in [-0.2, 0) is 6.54 Å². The van der Waals surface area contributed by atoms with Gasteiger partial charge in [-0.15, -0.1) is 10.2 Å². The molecule has 0 aromatic carbocycles. The molecule has 1 aromatic heterocycles. The molecular formula is C5H8F2N4. The summed E-state index contributed by atoms with van der Waals surface area (Å²) in [4.78, 5) is 1.17. The lowest BCUT2D eigenvalue weighted by atomic mass is 10.5. The van der Waals surface area contributed by atoms with Crippen LogP contribution < -0.4 is 0 Å². The average Bonchev–Trinajstić information content (AvgIpc) is 2.37. The first kappa shape index (κ1) is 8.03. The third-order valence-corrected chi connectivity index (χ3v) is 1.09. The van der Waals surface area contributed by atoms with Crippen LogP contribution in [0.2, 0.25) is 0 Å². The van der Waals surface area contributed by atoms with E-state index in [2.05, 4.69) is 15.4 Å². The molecule has 0 fully saturated rings. The minimum Gasteiger partial charge on any atom is -0.201 e. The maximum Gasteiger partial charge on any atom is 0.301 e. The highest BCUT2D eigenvalue weighted by molar-refractivity contribution is 4.76. The van der Waals surface area contributed by atoms with Crippen molar-refractivity contribution in [3.63, 3.8) is 0 Å². The van der Waals surface area contributed by atoms with Gasteiger partial charge in [0.25, 0.3) is 0 Å². The molecule has 0 aliphatic carbocycles. The number of hydrogen-bond donors (Lipinski definition) is 0. The molecule has 4 nitrogen and oxygen atoms in total. The smallest absolute Gasteiger partial charge is 0.201 e. The van der Waals surface area contributed by atoms with Gasteiger partial charge >= 0.3 is 6.43 Å². The van der Waals surface area contributed by atoms with Gasteiger partial charge < -0.3 is 0 Å². The standard InChI is InChI=1S/C5H8F2N4/c1-2-3-11-9-5(4(6)7)8-10-11/h4H,2-3H2,1H3. The maximum absolute atomic E-state index is 11.8. The fraction of sp³-hybridized carbons (Fsp3) is 0.800. The van der Waals surface area contributed by atoms with Gasteiger partial charge in [0.1, 0.15) is 0 Å². The topological polar surface area (TPSA) is 43.6 Å². The molecule has 0 atom stereocenters. The van der Waals surface area contributed by atoms with Crippen LogP contribution in [-0.4, -0.2) is 20.2 Å². The Hall–Kier alpha value is -1.07. The molecule has 0 bridgehead atoms. The summed E-state index contributed by atoms with van der Waals surface area (Å²) in [7, 11) is 0. The van der Waals surface area contributed by atoms with E-state index in [1.807, 2.05) is 6.92 Å². The number of alkyl halides is 2. The van der Waals surface area contributed by atoms with Gasteiger partial charge in [-0.25, -0.2) is 8.78 Å². The van der Waals surface area contributed by atoms with Gasteiger partial charge in [-0.05, 0) is 11.6 Å². The van der Waals surface area contributed by atoms with Crippen LogP contribution in [0.1, 0.15) is 25.6 Å². The summed E-state index contributed by atoms with van der Waals surface area (Å²) in [6.45, 7) is 2.44. The normalized spacial score (nSPS) is 10.9. The second-order valence-corrected chi connectivity index (χ2v) is 2.04. The fourth-order valence-electron chi connectivity index (χ4n) is 0.638. The summed E-state index contributed by atoms with van der Waals surface area (Å²) in [5.74, 6) is -0.501. The summed E-state index contributed by atoms with van der Waals surface area (Å²) in [6.07, 6.45) is -1.82. The Labute approximate surface area is 62.2 Å². The lowest BCUT2D eigenvalue weighted by molar-refractivity contribution is 0.139. The van der Waals surface area contributed by atoms with Crippen LogP contribution in [0.15, 0.2) is 0 Å². The highest BCUT2D eigenvalue weighted by atomic mass is 19.3. The molecule has 1 aromatic rings. The molecule has 0 spiro atoms. The number of aryl methyl sites for hydroxylation is 1. The van der Waals surface area contributed by atoms with Crippen LogP contribution >= 0.6 is 0 Å². The molecule has 0 radical (unpaired) electrons. The quantitative estimate of drug-likeness (QED) is 0.666. The van der Waals surface area contributed by atoms with E-state index in [9.17, 15) is 8.78 Å². The van der Waals surface area contributed by atoms with Gasteiger partial charge in [-0.2, -0.15) is 4.80 Å². The SMILES string of the molecule is CCCn1nnc(C(F)F)n1. The summed E-state index contributed by atoms with van der Waals surface area (Å²) in [6, 6.07) is 0. The van der Waals surface area contributed by atoms with E-state index < -0.39 is 12.2 Å². The van der Waals surface area contributed by atoms with Crippen molar-refractivity contribution in [2.75, 3.05) is 0 Å². The highest BCUT2D eigenvalue weighted by Crippen LogP contribution is 2.11. The van der Waals surface area contributed by atoms with E-state index >= 15 is 0 Å². The Kier molecular flexibility index (Phi) is 2.45. The van der Waals surface area contributed by atoms with E-state index in [-0.39, 0.29) is 0 Å². The molecule has 1 heterocycles. The van der Waals surface area contributed by atoms with E-state index in [4.69, 9.17) is 0 Å². The molecule has 0 N–H and O–H groups in total. The van der Waals surface area contributed by atoms with Crippen molar-refractivity contribution in [2.24, 2.45) is 0 Å². The van der Waals surface area contributed by atoms with E-state index in [1.54, 1.807) is 0 Å². The van der Waals surface area contributed by atoms with Crippen molar-refractivity contribution >= 4 is 0 Å². The Bertz CT molecular complexity index is 222. The first-order chi connectivity index (χ1) is 5.24. The molecule has 6 heteroatoms. The minimum atomic E-state index is -2.62. The van der Waals surface area contributed by atoms with Crippen LogP contribution in [0.4, 0.5) is 8.78 Å². The molecule has 0 saturated carbocycles. The summed E-state index contributed by atoms with van der Waals surface area (Å²) in [5, 5.41) is 10.0. The van der Waals surface area contributed by atoms with Gasteiger partial charge in [0.15, 0.2) is 0 Å². The second-order valence-electron chi connectivity index (χ2n) is 2.04. The van der Waals surface area contributed by atoms with Gasteiger partial charge in [0, 0.05) is 0 Å². The van der Waals surface area contributed by atoms with Crippen LogP contribution in [0, 0.1) is 0 Å². The van der Waals surface area contributed by atoms with Crippen molar-refractivity contribution in [3.05, 3.63) is 5.82 Å². The maximum atomic E-state index is 11.8. The lowest BCUT2D eigenvalue weighted by Crippen LogP contribution is -2.01. The zero-order chi connectivity index (χ0) is 8.27. The zero-order valence-electron chi connectivity index (χ0n) is 6.04. The van der Waals surface area contributed by atoms with E-state index in [1.165, 1.54) is 4.80 Å². The fourth-order valence-corrected chi connectivity index (χ4v) is 0.638. The Morgan fingerprint density at radius 2 is 2.27 bits per heavy atom. The van der Waals surface area contributed by atoms with Crippen molar-refractivity contribution < 1.29 is 8.78 Å².